The monoisotopic (exact) mass is 308 g/mol. The van der Waals surface area contributed by atoms with E-state index in [0.29, 0.717) is 0 Å². The average molecular weight is 308 g/mol. The molecule has 4 rings (SSSR count). The first-order valence-corrected chi connectivity index (χ1v) is 7.79. The standard InChI is InChI=1S/C20H12N4/c21-9-19(10-22)16-7-6-14-8-15(13-4-2-1-3-5-13)18(17(14)16)20(19,11-23)12-24/h1-8,14,16-18H/t14-,16-,17+,18+/m0/s1. The molecule has 1 fully saturated rings. The Balaban J connectivity index is 2.01. The maximum atomic E-state index is 9.93. The minimum absolute atomic E-state index is 0.0693. The Morgan fingerprint density at radius 1 is 0.792 bits per heavy atom. The summed E-state index contributed by atoms with van der Waals surface area (Å²) < 4.78 is 0. The molecule has 0 spiro atoms. The van der Waals surface area contributed by atoms with Gasteiger partial charge in [-0.1, -0.05) is 48.6 Å². The second kappa shape index (κ2) is 4.58. The predicted octanol–water partition coefficient (Wildman–Crippen LogP) is 3.20. The molecule has 0 amide bonds. The number of hydrogen-bond donors (Lipinski definition) is 0. The third-order valence-corrected chi connectivity index (χ3v) is 5.89. The molecule has 0 unspecified atom stereocenters. The van der Waals surface area contributed by atoms with E-state index in [2.05, 4.69) is 30.4 Å². The lowest BCUT2D eigenvalue weighted by Crippen LogP contribution is -2.40. The zero-order valence-corrected chi connectivity index (χ0v) is 12.7. The highest BCUT2D eigenvalue weighted by Crippen LogP contribution is 2.71. The number of allylic oxidation sites excluding steroid dienone is 4. The Labute approximate surface area is 140 Å². The van der Waals surface area contributed by atoms with Crippen molar-refractivity contribution in [3.8, 4) is 24.3 Å². The molecular weight excluding hydrogens is 296 g/mol. The number of hydrogen-bond acceptors (Lipinski definition) is 4. The summed E-state index contributed by atoms with van der Waals surface area (Å²) in [4.78, 5) is 0. The van der Waals surface area contributed by atoms with Crippen LogP contribution in [0.5, 0.6) is 0 Å². The van der Waals surface area contributed by atoms with Gasteiger partial charge in [0.2, 0.25) is 0 Å². The molecule has 4 atom stereocenters. The molecule has 0 radical (unpaired) electrons. The van der Waals surface area contributed by atoms with Crippen molar-refractivity contribution < 1.29 is 0 Å². The van der Waals surface area contributed by atoms with Crippen LogP contribution in [0.2, 0.25) is 0 Å². The minimum atomic E-state index is -1.66. The van der Waals surface area contributed by atoms with Crippen molar-refractivity contribution in [1.29, 1.82) is 21.0 Å². The highest BCUT2D eigenvalue weighted by atomic mass is 14.7. The van der Waals surface area contributed by atoms with E-state index >= 15 is 0 Å². The molecule has 0 N–H and O–H groups in total. The summed E-state index contributed by atoms with van der Waals surface area (Å²) in [7, 11) is 0. The van der Waals surface area contributed by atoms with E-state index in [1.807, 2.05) is 42.5 Å². The van der Waals surface area contributed by atoms with Gasteiger partial charge in [-0.15, -0.1) is 0 Å². The van der Waals surface area contributed by atoms with E-state index in [0.717, 1.165) is 11.1 Å². The second-order valence-corrected chi connectivity index (χ2v) is 6.59. The highest BCUT2D eigenvalue weighted by Gasteiger charge is 2.75. The lowest BCUT2D eigenvalue weighted by atomic mass is 9.61. The third-order valence-electron chi connectivity index (χ3n) is 5.89. The van der Waals surface area contributed by atoms with Gasteiger partial charge in [-0.25, -0.2) is 0 Å². The molecule has 3 aliphatic carbocycles. The van der Waals surface area contributed by atoms with Crippen molar-refractivity contribution in [2.75, 3.05) is 0 Å². The Bertz CT molecular complexity index is 915. The van der Waals surface area contributed by atoms with Gasteiger partial charge < -0.3 is 0 Å². The maximum absolute atomic E-state index is 9.93. The minimum Gasteiger partial charge on any atom is -0.196 e. The third kappa shape index (κ3) is 1.31. The van der Waals surface area contributed by atoms with Gasteiger partial charge in [-0.05, 0) is 23.0 Å². The van der Waals surface area contributed by atoms with E-state index in [4.69, 9.17) is 0 Å². The van der Waals surface area contributed by atoms with Crippen molar-refractivity contribution in [2.24, 2.45) is 34.5 Å². The molecule has 4 nitrogen and oxygen atoms in total. The summed E-state index contributed by atoms with van der Waals surface area (Å²) in [6.07, 6.45) is 5.98. The van der Waals surface area contributed by atoms with Crippen LogP contribution < -0.4 is 0 Å². The second-order valence-electron chi connectivity index (χ2n) is 6.59. The largest absolute Gasteiger partial charge is 0.196 e. The number of nitriles is 4. The molecule has 0 aliphatic heterocycles. The van der Waals surface area contributed by atoms with E-state index in [-0.39, 0.29) is 17.8 Å². The Kier molecular flexibility index (Phi) is 2.72. The van der Waals surface area contributed by atoms with Gasteiger partial charge in [0.05, 0.1) is 24.3 Å². The van der Waals surface area contributed by atoms with Crippen molar-refractivity contribution in [3.63, 3.8) is 0 Å². The zero-order chi connectivity index (χ0) is 16.9. The first kappa shape index (κ1) is 14.3. The summed E-state index contributed by atoms with van der Waals surface area (Å²) in [6, 6.07) is 17.9. The van der Waals surface area contributed by atoms with Crippen molar-refractivity contribution >= 4 is 5.57 Å². The molecule has 1 saturated carbocycles. The van der Waals surface area contributed by atoms with Crippen LogP contribution in [0.3, 0.4) is 0 Å². The van der Waals surface area contributed by atoms with Gasteiger partial charge in [0.15, 0.2) is 10.8 Å². The SMILES string of the molecule is N#CC1(C#N)[C@@H]2C(c3ccccc3)=C[C@@H]3C=C[C@@H]([C@@H]32)C1(C#N)C#N. The molecular formula is C20H12N4. The van der Waals surface area contributed by atoms with Crippen LogP contribution in [0, 0.1) is 79.8 Å². The smallest absolute Gasteiger partial charge is 0.183 e. The Morgan fingerprint density at radius 2 is 1.42 bits per heavy atom. The molecule has 1 aromatic rings. The molecule has 24 heavy (non-hydrogen) atoms. The van der Waals surface area contributed by atoms with Crippen molar-refractivity contribution in [3.05, 3.63) is 54.1 Å². The van der Waals surface area contributed by atoms with Gasteiger partial charge in [0.1, 0.15) is 0 Å². The number of rotatable bonds is 1. The fourth-order valence-electron chi connectivity index (χ4n) is 4.92. The van der Waals surface area contributed by atoms with Crippen LogP contribution in [0.25, 0.3) is 5.57 Å². The van der Waals surface area contributed by atoms with Gasteiger partial charge in [0, 0.05) is 11.8 Å². The van der Waals surface area contributed by atoms with Crippen molar-refractivity contribution in [1.82, 2.24) is 0 Å². The van der Waals surface area contributed by atoms with Crippen LogP contribution in [-0.4, -0.2) is 0 Å². The topological polar surface area (TPSA) is 95.2 Å². The molecule has 0 heterocycles. The number of nitrogens with zero attached hydrogens (tertiary/aromatic N) is 4. The molecule has 1 aromatic carbocycles. The predicted molar refractivity (Wildman–Crippen MR) is 84.8 cm³/mol. The van der Waals surface area contributed by atoms with Gasteiger partial charge in [0.25, 0.3) is 0 Å². The van der Waals surface area contributed by atoms with Crippen LogP contribution >= 0.6 is 0 Å². The lowest BCUT2D eigenvalue weighted by molar-refractivity contribution is 0.294. The van der Waals surface area contributed by atoms with Crippen LogP contribution in [0.15, 0.2) is 48.6 Å². The summed E-state index contributed by atoms with van der Waals surface area (Å²) in [5, 5.41) is 39.5. The quantitative estimate of drug-likeness (QED) is 0.744. The first-order chi connectivity index (χ1) is 11.7. The van der Waals surface area contributed by atoms with Crippen LogP contribution in [-0.2, 0) is 0 Å². The van der Waals surface area contributed by atoms with Crippen molar-refractivity contribution in [2.45, 2.75) is 0 Å². The normalized spacial score (nSPS) is 32.8. The lowest BCUT2D eigenvalue weighted by Gasteiger charge is -2.30. The van der Waals surface area contributed by atoms with E-state index in [9.17, 15) is 21.0 Å². The first-order valence-electron chi connectivity index (χ1n) is 7.79. The van der Waals surface area contributed by atoms with E-state index in [1.54, 1.807) is 0 Å². The van der Waals surface area contributed by atoms with E-state index in [1.165, 1.54) is 0 Å². The fourth-order valence-corrected chi connectivity index (χ4v) is 4.92. The summed E-state index contributed by atoms with van der Waals surface area (Å²) in [5.74, 6) is -0.822. The summed E-state index contributed by atoms with van der Waals surface area (Å²) >= 11 is 0. The van der Waals surface area contributed by atoms with Gasteiger partial charge in [-0.2, -0.15) is 21.0 Å². The summed E-state index contributed by atoms with van der Waals surface area (Å²) in [5.41, 5.74) is -1.43. The molecule has 0 aromatic heterocycles. The van der Waals surface area contributed by atoms with Gasteiger partial charge in [-0.3, -0.25) is 0 Å². The Hall–Kier alpha value is -3.34. The summed E-state index contributed by atoms with van der Waals surface area (Å²) in [6.45, 7) is 0. The van der Waals surface area contributed by atoms with Crippen LogP contribution in [0.1, 0.15) is 5.56 Å². The van der Waals surface area contributed by atoms with E-state index < -0.39 is 16.7 Å². The van der Waals surface area contributed by atoms with Crippen LogP contribution in [0.4, 0.5) is 0 Å². The maximum Gasteiger partial charge on any atom is 0.183 e. The fraction of sp³-hybridized carbons (Fsp3) is 0.300. The number of benzene rings is 1. The average Bonchev–Trinajstić information content (AvgIpc) is 3.27. The highest BCUT2D eigenvalue weighted by molar-refractivity contribution is 5.75. The zero-order valence-electron chi connectivity index (χ0n) is 12.7. The molecule has 3 aliphatic rings. The molecule has 0 bridgehead atoms. The van der Waals surface area contributed by atoms with Gasteiger partial charge >= 0.3 is 0 Å². The molecule has 112 valence electrons. The molecule has 4 heteroatoms. The Morgan fingerprint density at radius 3 is 2.00 bits per heavy atom. The molecule has 0 saturated heterocycles.